The van der Waals surface area contributed by atoms with Crippen molar-refractivity contribution >= 4 is 34.0 Å². The van der Waals surface area contributed by atoms with Crippen LogP contribution < -0.4 is 27.6 Å². The monoisotopic (exact) mass is 353 g/mol. The first-order valence-electron chi connectivity index (χ1n) is 8.32. The van der Waals surface area contributed by atoms with E-state index in [-0.39, 0.29) is 12.4 Å². The van der Waals surface area contributed by atoms with Gasteiger partial charge in [0.05, 0.1) is 0 Å². The zero-order valence-electron chi connectivity index (χ0n) is 14.9. The van der Waals surface area contributed by atoms with Crippen molar-refractivity contribution in [2.45, 2.75) is 6.92 Å². The minimum Gasteiger partial charge on any atom is -1.00 e. The van der Waals surface area contributed by atoms with Crippen molar-refractivity contribution in [3.05, 3.63) is 66.2 Å². The summed E-state index contributed by atoms with van der Waals surface area (Å²) in [6.07, 6.45) is 2.07. The fraction of sp³-hybridized carbons (Fsp3) is 0.190. The Morgan fingerprint density at radius 3 is 2.24 bits per heavy atom. The lowest BCUT2D eigenvalue weighted by Gasteiger charge is -2.10. The summed E-state index contributed by atoms with van der Waals surface area (Å²) in [6.45, 7) is 3.04. The van der Waals surface area contributed by atoms with E-state index >= 15 is 0 Å². The van der Waals surface area contributed by atoms with Gasteiger partial charge in [0, 0.05) is 55.1 Å². The standard InChI is InChI=1S/C21H23N3.ClH/c1-4-22-21-14-9-16(19-7-5-6-8-20(19)21)15-23-17-10-12-18(13-11-17)24(2)3;/h5-15,22H,4H2,1-3H3;1H. The molecule has 0 aliphatic carbocycles. The Balaban J connectivity index is 0.00000225. The van der Waals surface area contributed by atoms with Crippen LogP contribution in [0.2, 0.25) is 0 Å². The lowest BCUT2D eigenvalue weighted by atomic mass is 10.0. The van der Waals surface area contributed by atoms with Crippen molar-refractivity contribution in [1.29, 1.82) is 0 Å². The number of hydrogen-bond donors (Lipinski definition) is 2. The minimum atomic E-state index is 0. The second-order valence-corrected chi connectivity index (χ2v) is 6.01. The molecule has 0 radical (unpaired) electrons. The second-order valence-electron chi connectivity index (χ2n) is 6.01. The van der Waals surface area contributed by atoms with Crippen molar-refractivity contribution in [3.63, 3.8) is 0 Å². The minimum absolute atomic E-state index is 0. The fourth-order valence-corrected chi connectivity index (χ4v) is 2.81. The van der Waals surface area contributed by atoms with Crippen LogP contribution in [0.5, 0.6) is 0 Å². The molecule has 130 valence electrons. The van der Waals surface area contributed by atoms with E-state index < -0.39 is 0 Å². The van der Waals surface area contributed by atoms with E-state index in [1.54, 1.807) is 0 Å². The van der Waals surface area contributed by atoms with Gasteiger partial charge >= 0.3 is 0 Å². The number of benzene rings is 3. The molecule has 2 N–H and O–H groups in total. The van der Waals surface area contributed by atoms with Gasteiger partial charge in [-0.2, -0.15) is 0 Å². The molecule has 3 aromatic rings. The number of hydrogen-bond acceptors (Lipinski definition) is 2. The molecule has 4 heteroatoms. The number of halogens is 1. The van der Waals surface area contributed by atoms with Gasteiger partial charge in [0.15, 0.2) is 6.21 Å². The SMILES string of the molecule is CCNc1ccc(C=[NH+]c2ccc(N(C)C)cc2)c2ccccc12.[Cl-]. The molecule has 0 unspecified atom stereocenters. The molecule has 0 amide bonds. The first-order valence-corrected chi connectivity index (χ1v) is 8.32. The highest BCUT2D eigenvalue weighted by Crippen LogP contribution is 2.25. The van der Waals surface area contributed by atoms with Gasteiger partial charge in [-0.3, -0.25) is 0 Å². The van der Waals surface area contributed by atoms with E-state index in [0.29, 0.717) is 0 Å². The maximum absolute atomic E-state index is 3.43. The van der Waals surface area contributed by atoms with E-state index in [4.69, 9.17) is 0 Å². The first-order chi connectivity index (χ1) is 11.7. The maximum atomic E-state index is 3.43. The van der Waals surface area contributed by atoms with E-state index in [9.17, 15) is 0 Å². The molecule has 0 aliphatic heterocycles. The zero-order valence-corrected chi connectivity index (χ0v) is 15.6. The van der Waals surface area contributed by atoms with E-state index in [1.807, 2.05) is 14.1 Å². The summed E-state index contributed by atoms with van der Waals surface area (Å²) >= 11 is 0. The number of rotatable bonds is 5. The average Bonchev–Trinajstić information content (AvgIpc) is 2.61. The van der Waals surface area contributed by atoms with Crippen molar-refractivity contribution in [1.82, 2.24) is 0 Å². The number of fused-ring (bicyclic) bond motifs is 1. The average molecular weight is 354 g/mol. The molecule has 0 atom stereocenters. The fourth-order valence-electron chi connectivity index (χ4n) is 2.81. The van der Waals surface area contributed by atoms with Gasteiger partial charge in [0.2, 0.25) is 5.69 Å². The second kappa shape index (κ2) is 8.54. The Bertz CT molecular complexity index is 855. The lowest BCUT2D eigenvalue weighted by Crippen LogP contribution is -3.00. The Morgan fingerprint density at radius 1 is 0.920 bits per heavy atom. The third-order valence-electron chi connectivity index (χ3n) is 4.10. The topological polar surface area (TPSA) is 29.2 Å². The molecule has 3 nitrogen and oxygen atoms in total. The largest absolute Gasteiger partial charge is 1.00 e. The molecule has 0 bridgehead atoms. The lowest BCUT2D eigenvalue weighted by molar-refractivity contribution is -0.346. The quantitative estimate of drug-likeness (QED) is 0.640. The highest BCUT2D eigenvalue weighted by molar-refractivity contribution is 6.04. The molecule has 0 aromatic heterocycles. The van der Waals surface area contributed by atoms with Gasteiger partial charge in [0.25, 0.3) is 0 Å². The third-order valence-corrected chi connectivity index (χ3v) is 4.10. The smallest absolute Gasteiger partial charge is 0.203 e. The van der Waals surface area contributed by atoms with Crippen LogP contribution in [0, 0.1) is 0 Å². The van der Waals surface area contributed by atoms with Crippen molar-refractivity contribution < 1.29 is 17.4 Å². The van der Waals surface area contributed by atoms with Crippen LogP contribution in [0.4, 0.5) is 17.1 Å². The van der Waals surface area contributed by atoms with Crippen LogP contribution in [0.1, 0.15) is 12.5 Å². The summed E-state index contributed by atoms with van der Waals surface area (Å²) in [5.74, 6) is 0. The van der Waals surface area contributed by atoms with Crippen LogP contribution in [-0.2, 0) is 0 Å². The summed E-state index contributed by atoms with van der Waals surface area (Å²) in [7, 11) is 4.10. The van der Waals surface area contributed by atoms with E-state index in [2.05, 4.69) is 89.0 Å². The van der Waals surface area contributed by atoms with Gasteiger partial charge < -0.3 is 22.6 Å². The predicted octanol–water partition coefficient (Wildman–Crippen LogP) is 0.173. The molecule has 0 aliphatic rings. The summed E-state index contributed by atoms with van der Waals surface area (Å²) < 4.78 is 0. The first kappa shape index (κ1) is 18.8. The van der Waals surface area contributed by atoms with Gasteiger partial charge in [-0.1, -0.05) is 24.3 Å². The van der Waals surface area contributed by atoms with E-state index in [0.717, 1.165) is 12.2 Å². The molecule has 0 spiro atoms. The Kier molecular flexibility index (Phi) is 6.43. The summed E-state index contributed by atoms with van der Waals surface area (Å²) in [4.78, 5) is 5.50. The molecular formula is C21H24ClN3. The predicted molar refractivity (Wildman–Crippen MR) is 105 cm³/mol. The van der Waals surface area contributed by atoms with Gasteiger partial charge in [0.1, 0.15) is 0 Å². The molecule has 0 heterocycles. The number of anilines is 2. The molecule has 0 saturated carbocycles. The zero-order chi connectivity index (χ0) is 16.9. The summed E-state index contributed by atoms with van der Waals surface area (Å²) in [5.41, 5.74) is 4.64. The summed E-state index contributed by atoms with van der Waals surface area (Å²) in [6, 6.07) is 21.2. The van der Waals surface area contributed by atoms with Crippen LogP contribution in [-0.4, -0.2) is 26.9 Å². The maximum Gasteiger partial charge on any atom is 0.203 e. The highest BCUT2D eigenvalue weighted by Gasteiger charge is 2.06. The van der Waals surface area contributed by atoms with Gasteiger partial charge in [-0.15, -0.1) is 0 Å². The van der Waals surface area contributed by atoms with E-state index in [1.165, 1.54) is 27.7 Å². The van der Waals surface area contributed by atoms with Crippen LogP contribution in [0.25, 0.3) is 10.8 Å². The molecule has 3 rings (SSSR count). The third kappa shape index (κ3) is 4.31. The van der Waals surface area contributed by atoms with Gasteiger partial charge in [-0.25, -0.2) is 4.99 Å². The Labute approximate surface area is 155 Å². The van der Waals surface area contributed by atoms with Crippen LogP contribution in [0.15, 0.2) is 60.7 Å². The van der Waals surface area contributed by atoms with Crippen molar-refractivity contribution in [2.24, 2.45) is 0 Å². The number of nitrogens with one attached hydrogen (secondary N) is 2. The Hall–Kier alpha value is -2.52. The molecule has 0 fully saturated rings. The van der Waals surface area contributed by atoms with Crippen molar-refractivity contribution in [2.75, 3.05) is 30.9 Å². The molecule has 25 heavy (non-hydrogen) atoms. The highest BCUT2D eigenvalue weighted by atomic mass is 35.5. The molecule has 3 aromatic carbocycles. The summed E-state index contributed by atoms with van der Waals surface area (Å²) in [5, 5.41) is 5.92. The van der Waals surface area contributed by atoms with Crippen LogP contribution >= 0.6 is 0 Å². The normalized spacial score (nSPS) is 10.7. The molecular weight excluding hydrogens is 330 g/mol. The van der Waals surface area contributed by atoms with Crippen molar-refractivity contribution in [3.8, 4) is 0 Å². The molecule has 0 saturated heterocycles. The Morgan fingerprint density at radius 2 is 1.60 bits per heavy atom. The van der Waals surface area contributed by atoms with Gasteiger partial charge in [-0.05, 0) is 36.6 Å². The van der Waals surface area contributed by atoms with Crippen LogP contribution in [0.3, 0.4) is 0 Å². The number of nitrogens with zero attached hydrogens (tertiary/aromatic N) is 1.